The highest BCUT2D eigenvalue weighted by Gasteiger charge is 2.30. The van der Waals surface area contributed by atoms with E-state index in [4.69, 9.17) is 10.5 Å². The third-order valence-electron chi connectivity index (χ3n) is 6.54. The first-order valence-electron chi connectivity index (χ1n) is 12.6. The van der Waals surface area contributed by atoms with E-state index in [0.717, 1.165) is 16.8 Å². The summed E-state index contributed by atoms with van der Waals surface area (Å²) in [6, 6.07) is 6.29. The van der Waals surface area contributed by atoms with E-state index < -0.39 is 11.6 Å². The first-order valence-corrected chi connectivity index (χ1v) is 12.6. The van der Waals surface area contributed by atoms with E-state index in [1.165, 1.54) is 0 Å². The number of urea groups is 1. The van der Waals surface area contributed by atoms with Crippen molar-refractivity contribution >= 4 is 46.5 Å². The van der Waals surface area contributed by atoms with Gasteiger partial charge in [0.25, 0.3) is 5.91 Å². The molecule has 11 heteroatoms. The summed E-state index contributed by atoms with van der Waals surface area (Å²) in [4.78, 5) is 53.8. The zero-order valence-corrected chi connectivity index (χ0v) is 22.1. The highest BCUT2D eigenvalue weighted by molar-refractivity contribution is 6.36. The minimum Gasteiger partial charge on any atom is -0.444 e. The molecule has 1 aromatic heterocycles. The van der Waals surface area contributed by atoms with Crippen LogP contribution < -0.4 is 21.7 Å². The second-order valence-electron chi connectivity index (χ2n) is 10.6. The SMILES string of the molecule is CC(=C1C(=O)Nc2ccc(NC(N)=O)cc21)c1cc(CNC(=O)C2CCN(C(=O)OC(C)(C)C)CC2)c[nH]1. The fourth-order valence-corrected chi connectivity index (χ4v) is 4.64. The Hall–Kier alpha value is -4.28. The summed E-state index contributed by atoms with van der Waals surface area (Å²) in [6.45, 7) is 8.62. The number of ether oxygens (including phenoxy) is 1. The van der Waals surface area contributed by atoms with Gasteiger partial charge in [-0.25, -0.2) is 9.59 Å². The highest BCUT2D eigenvalue weighted by Crippen LogP contribution is 2.38. The molecule has 0 aliphatic carbocycles. The quantitative estimate of drug-likeness (QED) is 0.379. The van der Waals surface area contributed by atoms with E-state index in [9.17, 15) is 19.2 Å². The van der Waals surface area contributed by atoms with E-state index in [1.807, 2.05) is 33.8 Å². The van der Waals surface area contributed by atoms with Gasteiger partial charge >= 0.3 is 12.1 Å². The molecule has 0 saturated carbocycles. The van der Waals surface area contributed by atoms with Crippen LogP contribution in [-0.4, -0.2) is 52.5 Å². The van der Waals surface area contributed by atoms with Gasteiger partial charge in [-0.3, -0.25) is 9.59 Å². The summed E-state index contributed by atoms with van der Waals surface area (Å²) in [5.41, 5.74) is 9.30. The first-order chi connectivity index (χ1) is 17.9. The van der Waals surface area contributed by atoms with Crippen LogP contribution >= 0.6 is 0 Å². The Morgan fingerprint density at radius 2 is 1.87 bits per heavy atom. The average Bonchev–Trinajstić information content (AvgIpc) is 3.44. The Kier molecular flexibility index (Phi) is 7.47. The number of hydrogen-bond donors (Lipinski definition) is 5. The van der Waals surface area contributed by atoms with Crippen LogP contribution in [0.3, 0.4) is 0 Å². The van der Waals surface area contributed by atoms with Gasteiger partial charge in [0.05, 0.1) is 5.57 Å². The summed E-state index contributed by atoms with van der Waals surface area (Å²) >= 11 is 0. The average molecular weight is 523 g/mol. The third kappa shape index (κ3) is 6.16. The Labute approximate surface area is 221 Å². The summed E-state index contributed by atoms with van der Waals surface area (Å²) in [6.07, 6.45) is 2.61. The van der Waals surface area contributed by atoms with Crippen molar-refractivity contribution in [2.45, 2.75) is 52.7 Å². The van der Waals surface area contributed by atoms with Crippen LogP contribution in [0.4, 0.5) is 21.0 Å². The van der Waals surface area contributed by atoms with Crippen molar-refractivity contribution in [3.63, 3.8) is 0 Å². The molecular weight excluding hydrogens is 488 g/mol. The molecule has 1 fully saturated rings. The number of piperidine rings is 1. The van der Waals surface area contributed by atoms with Gasteiger partial charge in [0.2, 0.25) is 5.91 Å². The van der Waals surface area contributed by atoms with Gasteiger partial charge < -0.3 is 36.3 Å². The highest BCUT2D eigenvalue weighted by atomic mass is 16.6. The summed E-state index contributed by atoms with van der Waals surface area (Å²) in [5.74, 6) is -0.459. The van der Waals surface area contributed by atoms with E-state index in [0.29, 0.717) is 55.0 Å². The fourth-order valence-electron chi connectivity index (χ4n) is 4.64. The third-order valence-corrected chi connectivity index (χ3v) is 6.54. The number of nitrogens with zero attached hydrogens (tertiary/aromatic N) is 1. The van der Waals surface area contributed by atoms with Crippen LogP contribution in [0.25, 0.3) is 11.1 Å². The molecule has 4 rings (SSSR count). The molecule has 11 nitrogen and oxygen atoms in total. The number of carbonyl (C=O) groups excluding carboxylic acids is 4. The number of nitrogens with one attached hydrogen (secondary N) is 4. The van der Waals surface area contributed by atoms with E-state index >= 15 is 0 Å². The van der Waals surface area contributed by atoms with Gasteiger partial charge in [-0.15, -0.1) is 0 Å². The number of amides is 5. The normalized spacial score (nSPS) is 16.9. The lowest BCUT2D eigenvalue weighted by molar-refractivity contribution is -0.126. The number of rotatable bonds is 5. The lowest BCUT2D eigenvalue weighted by atomic mass is 9.96. The van der Waals surface area contributed by atoms with Crippen LogP contribution in [0, 0.1) is 5.92 Å². The number of nitrogens with two attached hydrogens (primary N) is 1. The second kappa shape index (κ2) is 10.6. The number of benzene rings is 1. The van der Waals surface area contributed by atoms with Crippen molar-refractivity contribution in [1.82, 2.24) is 15.2 Å². The predicted molar refractivity (Wildman–Crippen MR) is 144 cm³/mol. The Morgan fingerprint density at radius 3 is 2.53 bits per heavy atom. The molecule has 5 amide bonds. The maximum Gasteiger partial charge on any atom is 0.410 e. The molecule has 2 aliphatic rings. The molecule has 0 atom stereocenters. The fraction of sp³-hybridized carbons (Fsp3) is 0.407. The van der Waals surface area contributed by atoms with Crippen LogP contribution in [-0.2, 0) is 20.9 Å². The van der Waals surface area contributed by atoms with Crippen molar-refractivity contribution in [2.75, 3.05) is 23.7 Å². The zero-order chi connectivity index (χ0) is 27.6. The first kappa shape index (κ1) is 26.8. The summed E-state index contributed by atoms with van der Waals surface area (Å²) in [5, 5.41) is 8.35. The van der Waals surface area contributed by atoms with E-state index in [2.05, 4.69) is 20.9 Å². The summed E-state index contributed by atoms with van der Waals surface area (Å²) < 4.78 is 5.42. The molecule has 0 unspecified atom stereocenters. The summed E-state index contributed by atoms with van der Waals surface area (Å²) in [7, 11) is 0. The predicted octanol–water partition coefficient (Wildman–Crippen LogP) is 3.65. The number of H-pyrrole nitrogens is 1. The van der Waals surface area contributed by atoms with Crippen LogP contribution in [0.2, 0.25) is 0 Å². The maximum absolute atomic E-state index is 12.8. The van der Waals surface area contributed by atoms with Crippen molar-refractivity contribution in [3.05, 3.63) is 47.3 Å². The molecule has 3 heterocycles. The van der Waals surface area contributed by atoms with Gasteiger partial charge in [-0.05, 0) is 75.9 Å². The maximum atomic E-state index is 12.8. The lowest BCUT2D eigenvalue weighted by Gasteiger charge is -2.32. The molecule has 0 bridgehead atoms. The van der Waals surface area contributed by atoms with Gasteiger partial charge in [-0.2, -0.15) is 0 Å². The molecule has 0 spiro atoms. The Balaban J connectivity index is 1.37. The minimum atomic E-state index is -0.686. The van der Waals surface area contributed by atoms with Crippen LogP contribution in [0.5, 0.6) is 0 Å². The number of hydrogen-bond acceptors (Lipinski definition) is 5. The standard InChI is InChI=1S/C27H34N6O5/c1-15(22-19-12-18(31-25(28)36)5-6-20(19)32-24(22)35)21-11-16(13-29-21)14-30-23(34)17-7-9-33(10-8-17)26(37)38-27(2,3)4/h5-6,11-13,17,29H,7-10,14H2,1-4H3,(H,30,34)(H,32,35)(H3,28,31,36). The molecule has 6 N–H and O–H groups in total. The molecule has 38 heavy (non-hydrogen) atoms. The Morgan fingerprint density at radius 1 is 1.16 bits per heavy atom. The number of aromatic amines is 1. The monoisotopic (exact) mass is 522 g/mol. The van der Waals surface area contributed by atoms with Gasteiger partial charge in [0.1, 0.15) is 5.60 Å². The smallest absolute Gasteiger partial charge is 0.410 e. The lowest BCUT2D eigenvalue weighted by Crippen LogP contribution is -2.44. The number of anilines is 2. The molecule has 2 aromatic rings. The largest absolute Gasteiger partial charge is 0.444 e. The number of allylic oxidation sites excluding steroid dienone is 1. The molecule has 1 aromatic carbocycles. The van der Waals surface area contributed by atoms with Gasteiger partial charge in [0.15, 0.2) is 0 Å². The van der Waals surface area contributed by atoms with Crippen molar-refractivity contribution < 1.29 is 23.9 Å². The molecule has 0 radical (unpaired) electrons. The molecule has 202 valence electrons. The van der Waals surface area contributed by atoms with E-state index in [-0.39, 0.29) is 23.8 Å². The second-order valence-corrected chi connectivity index (χ2v) is 10.6. The van der Waals surface area contributed by atoms with Crippen molar-refractivity contribution in [1.29, 1.82) is 0 Å². The van der Waals surface area contributed by atoms with Crippen molar-refractivity contribution in [2.24, 2.45) is 11.7 Å². The number of carbonyl (C=O) groups is 4. The minimum absolute atomic E-state index is 0.0507. The zero-order valence-electron chi connectivity index (χ0n) is 22.1. The molecule has 1 saturated heterocycles. The van der Waals surface area contributed by atoms with Gasteiger partial charge in [0, 0.05) is 54.4 Å². The topological polar surface area (TPSA) is 159 Å². The van der Waals surface area contributed by atoms with Crippen LogP contribution in [0.15, 0.2) is 30.5 Å². The van der Waals surface area contributed by atoms with Crippen molar-refractivity contribution in [3.8, 4) is 0 Å². The number of likely N-dealkylation sites (tertiary alicyclic amines) is 1. The van der Waals surface area contributed by atoms with E-state index in [1.54, 1.807) is 29.3 Å². The Bertz CT molecular complexity index is 1300. The number of fused-ring (bicyclic) bond motifs is 1. The van der Waals surface area contributed by atoms with Gasteiger partial charge in [-0.1, -0.05) is 0 Å². The van der Waals surface area contributed by atoms with Crippen LogP contribution in [0.1, 0.15) is 57.4 Å². The molecule has 2 aliphatic heterocycles. The number of aromatic nitrogens is 1. The molecular formula is C27H34N6O5. The number of primary amides is 1.